The first kappa shape index (κ1) is 11.4. The maximum Gasteiger partial charge on any atom is 0.00792 e. The number of nitrogens with one attached hydrogen (secondary N) is 1. The zero-order valence-corrected chi connectivity index (χ0v) is 10.2. The molecule has 2 heterocycles. The topological polar surface area (TPSA) is 15.3 Å². The van der Waals surface area contributed by atoms with Gasteiger partial charge in [-0.3, -0.25) is 0 Å². The van der Waals surface area contributed by atoms with Gasteiger partial charge in [0.05, 0.1) is 0 Å². The van der Waals surface area contributed by atoms with Crippen LogP contribution in [0.15, 0.2) is 0 Å². The summed E-state index contributed by atoms with van der Waals surface area (Å²) in [6.45, 7) is 6.31. The van der Waals surface area contributed by atoms with Gasteiger partial charge in [-0.05, 0) is 58.7 Å². The van der Waals surface area contributed by atoms with E-state index in [4.69, 9.17) is 0 Å². The lowest BCUT2D eigenvalue weighted by Gasteiger charge is -2.35. The Balaban J connectivity index is 1.67. The zero-order chi connectivity index (χ0) is 10.5. The third-order valence-corrected chi connectivity index (χ3v) is 4.12. The third-order valence-electron chi connectivity index (χ3n) is 4.12. The number of likely N-dealkylation sites (tertiary alicyclic amines) is 1. The smallest absolute Gasteiger partial charge is 0.00792 e. The fraction of sp³-hybridized carbons (Fsp3) is 1.00. The predicted molar refractivity (Wildman–Crippen MR) is 65.1 cm³/mol. The van der Waals surface area contributed by atoms with E-state index in [0.717, 1.165) is 12.1 Å². The van der Waals surface area contributed by atoms with E-state index in [-0.39, 0.29) is 0 Å². The van der Waals surface area contributed by atoms with Crippen LogP contribution in [0.4, 0.5) is 0 Å². The van der Waals surface area contributed by atoms with Gasteiger partial charge in [0, 0.05) is 12.1 Å². The molecule has 0 bridgehead atoms. The monoisotopic (exact) mass is 210 g/mol. The number of rotatable bonds is 3. The summed E-state index contributed by atoms with van der Waals surface area (Å²) in [6, 6.07) is 1.65. The zero-order valence-electron chi connectivity index (χ0n) is 10.2. The minimum Gasteiger partial charge on any atom is -0.314 e. The Morgan fingerprint density at radius 1 is 1.13 bits per heavy atom. The van der Waals surface area contributed by atoms with Gasteiger partial charge in [-0.2, -0.15) is 0 Å². The summed E-state index contributed by atoms with van der Waals surface area (Å²) >= 11 is 0. The standard InChI is InChI=1S/C13H26N2/c1-12-6-3-5-10-15(12)11-8-13-7-2-4-9-14-13/h12-14H,2-11H2,1H3/t12-,13-/m1/s1. The van der Waals surface area contributed by atoms with Gasteiger partial charge in [-0.25, -0.2) is 0 Å². The first-order valence-corrected chi connectivity index (χ1v) is 6.83. The molecule has 2 rings (SSSR count). The summed E-state index contributed by atoms with van der Waals surface area (Å²) in [5.41, 5.74) is 0. The van der Waals surface area contributed by atoms with Crippen LogP contribution in [0.5, 0.6) is 0 Å². The van der Waals surface area contributed by atoms with Crippen LogP contribution in [-0.2, 0) is 0 Å². The Bertz CT molecular complexity index is 175. The number of piperidine rings is 2. The average molecular weight is 210 g/mol. The molecule has 0 amide bonds. The largest absolute Gasteiger partial charge is 0.314 e. The molecule has 2 nitrogen and oxygen atoms in total. The Morgan fingerprint density at radius 3 is 2.73 bits per heavy atom. The van der Waals surface area contributed by atoms with Crippen molar-refractivity contribution in [3.05, 3.63) is 0 Å². The Labute approximate surface area is 94.4 Å². The third kappa shape index (κ3) is 3.46. The van der Waals surface area contributed by atoms with Gasteiger partial charge in [-0.1, -0.05) is 12.8 Å². The van der Waals surface area contributed by atoms with Crippen molar-refractivity contribution >= 4 is 0 Å². The fourth-order valence-corrected chi connectivity index (χ4v) is 2.98. The first-order valence-electron chi connectivity index (χ1n) is 6.83. The average Bonchev–Trinajstić information content (AvgIpc) is 2.29. The van der Waals surface area contributed by atoms with Crippen molar-refractivity contribution in [3.63, 3.8) is 0 Å². The van der Waals surface area contributed by atoms with E-state index in [1.807, 2.05) is 0 Å². The van der Waals surface area contributed by atoms with Crippen LogP contribution in [-0.4, -0.2) is 36.6 Å². The van der Waals surface area contributed by atoms with Gasteiger partial charge >= 0.3 is 0 Å². The number of hydrogen-bond acceptors (Lipinski definition) is 2. The molecule has 0 aromatic rings. The highest BCUT2D eigenvalue weighted by molar-refractivity contribution is 4.77. The maximum absolute atomic E-state index is 3.65. The molecule has 0 aromatic heterocycles. The van der Waals surface area contributed by atoms with Crippen molar-refractivity contribution in [2.24, 2.45) is 0 Å². The molecule has 2 atom stereocenters. The summed E-state index contributed by atoms with van der Waals surface area (Å²) in [5.74, 6) is 0. The van der Waals surface area contributed by atoms with Crippen molar-refractivity contribution in [1.29, 1.82) is 0 Å². The second kappa shape index (κ2) is 5.86. The first-order chi connectivity index (χ1) is 7.36. The normalized spacial score (nSPS) is 34.2. The lowest BCUT2D eigenvalue weighted by atomic mass is 9.99. The minimum atomic E-state index is 0.813. The molecular weight excluding hydrogens is 184 g/mol. The molecule has 0 aliphatic carbocycles. The van der Waals surface area contributed by atoms with Crippen LogP contribution in [0.2, 0.25) is 0 Å². The van der Waals surface area contributed by atoms with E-state index in [1.54, 1.807) is 0 Å². The molecule has 2 fully saturated rings. The molecule has 2 heteroatoms. The summed E-state index contributed by atoms with van der Waals surface area (Å²) in [6.07, 6.45) is 9.87. The van der Waals surface area contributed by atoms with Crippen LogP contribution < -0.4 is 5.32 Å². The van der Waals surface area contributed by atoms with Crippen molar-refractivity contribution in [3.8, 4) is 0 Å². The van der Waals surface area contributed by atoms with Gasteiger partial charge in [0.15, 0.2) is 0 Å². The molecule has 2 saturated heterocycles. The molecule has 0 saturated carbocycles. The molecule has 15 heavy (non-hydrogen) atoms. The van der Waals surface area contributed by atoms with E-state index in [2.05, 4.69) is 17.1 Å². The van der Waals surface area contributed by atoms with E-state index >= 15 is 0 Å². The van der Waals surface area contributed by atoms with Crippen molar-refractivity contribution in [2.45, 2.75) is 64.0 Å². The van der Waals surface area contributed by atoms with Crippen LogP contribution in [0, 0.1) is 0 Å². The number of hydrogen-bond donors (Lipinski definition) is 1. The van der Waals surface area contributed by atoms with Gasteiger partial charge < -0.3 is 10.2 Å². The SMILES string of the molecule is C[C@@H]1CCCCN1CC[C@H]1CCCCN1. The molecule has 2 aliphatic heterocycles. The highest BCUT2D eigenvalue weighted by atomic mass is 15.2. The second-order valence-corrected chi connectivity index (χ2v) is 5.32. The quantitative estimate of drug-likeness (QED) is 0.769. The Kier molecular flexibility index (Phi) is 4.45. The molecule has 0 radical (unpaired) electrons. The van der Waals surface area contributed by atoms with Crippen LogP contribution >= 0.6 is 0 Å². The molecule has 0 aromatic carbocycles. The predicted octanol–water partition coefficient (Wildman–Crippen LogP) is 2.39. The van der Waals surface area contributed by atoms with E-state index in [0.29, 0.717) is 0 Å². The van der Waals surface area contributed by atoms with Crippen molar-refractivity contribution in [1.82, 2.24) is 10.2 Å². The summed E-state index contributed by atoms with van der Waals surface area (Å²) in [4.78, 5) is 2.69. The van der Waals surface area contributed by atoms with E-state index in [1.165, 1.54) is 64.6 Å². The molecule has 0 unspecified atom stereocenters. The molecule has 0 spiro atoms. The Hall–Kier alpha value is -0.0800. The van der Waals surface area contributed by atoms with E-state index in [9.17, 15) is 0 Å². The van der Waals surface area contributed by atoms with Crippen LogP contribution in [0.1, 0.15) is 51.9 Å². The van der Waals surface area contributed by atoms with E-state index < -0.39 is 0 Å². The highest BCUT2D eigenvalue weighted by Crippen LogP contribution is 2.18. The summed E-state index contributed by atoms with van der Waals surface area (Å²) in [7, 11) is 0. The maximum atomic E-state index is 3.65. The van der Waals surface area contributed by atoms with Crippen LogP contribution in [0.25, 0.3) is 0 Å². The van der Waals surface area contributed by atoms with Crippen molar-refractivity contribution < 1.29 is 0 Å². The summed E-state index contributed by atoms with van der Waals surface area (Å²) < 4.78 is 0. The van der Waals surface area contributed by atoms with Gasteiger partial charge in [-0.15, -0.1) is 0 Å². The van der Waals surface area contributed by atoms with Gasteiger partial charge in [0.1, 0.15) is 0 Å². The minimum absolute atomic E-state index is 0.813. The fourth-order valence-electron chi connectivity index (χ4n) is 2.98. The number of nitrogens with zero attached hydrogens (tertiary/aromatic N) is 1. The Morgan fingerprint density at radius 2 is 2.00 bits per heavy atom. The molecular formula is C13H26N2. The highest BCUT2D eigenvalue weighted by Gasteiger charge is 2.19. The molecule has 2 aliphatic rings. The van der Waals surface area contributed by atoms with Crippen molar-refractivity contribution in [2.75, 3.05) is 19.6 Å². The van der Waals surface area contributed by atoms with Gasteiger partial charge in [0.25, 0.3) is 0 Å². The lowest BCUT2D eigenvalue weighted by Crippen LogP contribution is -2.42. The summed E-state index contributed by atoms with van der Waals surface area (Å²) in [5, 5.41) is 3.65. The van der Waals surface area contributed by atoms with Gasteiger partial charge in [0.2, 0.25) is 0 Å². The van der Waals surface area contributed by atoms with Crippen LogP contribution in [0.3, 0.4) is 0 Å². The second-order valence-electron chi connectivity index (χ2n) is 5.32. The lowest BCUT2D eigenvalue weighted by molar-refractivity contribution is 0.150. The molecule has 88 valence electrons. The molecule has 1 N–H and O–H groups in total.